The summed E-state index contributed by atoms with van der Waals surface area (Å²) >= 11 is 4.38. The van der Waals surface area contributed by atoms with Crippen LogP contribution in [-0.2, 0) is 0 Å². The fraction of sp³-hybridized carbons (Fsp3) is 0.400. The van der Waals surface area contributed by atoms with Crippen molar-refractivity contribution in [1.29, 1.82) is 0 Å². The van der Waals surface area contributed by atoms with Crippen LogP contribution in [0.15, 0.2) is 0 Å². The smallest absolute Gasteiger partial charge is 0.247 e. The molecule has 0 aliphatic carbocycles. The van der Waals surface area contributed by atoms with Crippen molar-refractivity contribution < 1.29 is 4.74 Å². The van der Waals surface area contributed by atoms with Crippen LogP contribution >= 0.6 is 45.2 Å². The minimum Gasteiger partial charge on any atom is -0.476 e. The summed E-state index contributed by atoms with van der Waals surface area (Å²) in [5.74, 6) is 0.701. The van der Waals surface area contributed by atoms with Crippen molar-refractivity contribution >= 4 is 45.2 Å². The molecule has 0 aromatic carbocycles. The average molecular weight is 364 g/mol. The van der Waals surface area contributed by atoms with Crippen LogP contribution in [0.2, 0.25) is 0 Å². The van der Waals surface area contributed by atoms with E-state index in [0.717, 1.165) is 7.27 Å². The first-order valence-electron chi connectivity index (χ1n) is 2.78. The largest absolute Gasteiger partial charge is 0.476 e. The van der Waals surface area contributed by atoms with E-state index in [0.29, 0.717) is 12.5 Å². The maximum absolute atomic E-state index is 5.20. The van der Waals surface area contributed by atoms with Gasteiger partial charge in [0.1, 0.15) is 7.27 Å². The molecule has 5 heteroatoms. The lowest BCUT2D eigenvalue weighted by Crippen LogP contribution is -1.92. The topological polar surface area (TPSA) is 37.9 Å². The van der Waals surface area contributed by atoms with E-state index in [9.17, 15) is 0 Å². The second kappa shape index (κ2) is 3.74. The van der Waals surface area contributed by atoms with Crippen molar-refractivity contribution in [2.45, 2.75) is 6.92 Å². The molecule has 1 aromatic rings. The van der Waals surface area contributed by atoms with Crippen LogP contribution in [0.3, 0.4) is 0 Å². The Kier molecular flexibility index (Phi) is 3.21. The molecule has 0 atom stereocenters. The molecule has 0 amide bonds. The van der Waals surface area contributed by atoms with Gasteiger partial charge in [-0.2, -0.15) is 0 Å². The summed E-state index contributed by atoms with van der Waals surface area (Å²) in [4.78, 5) is 0. The summed E-state index contributed by atoms with van der Waals surface area (Å²) in [7, 11) is 0. The molecule has 1 heterocycles. The number of rotatable bonds is 2. The number of nitrogens with zero attached hydrogens (tertiary/aromatic N) is 1. The predicted octanol–water partition coefficient (Wildman–Crippen LogP) is 2.02. The molecule has 0 saturated carbocycles. The van der Waals surface area contributed by atoms with Crippen LogP contribution in [0, 0.1) is 7.27 Å². The minimum absolute atomic E-state index is 0.664. The maximum Gasteiger partial charge on any atom is 0.247 e. The molecule has 1 N–H and O–H groups in total. The number of aromatic amines is 1. The van der Waals surface area contributed by atoms with Gasteiger partial charge in [0, 0.05) is 0 Å². The van der Waals surface area contributed by atoms with Crippen LogP contribution in [0.25, 0.3) is 0 Å². The number of aromatic nitrogens is 2. The third kappa shape index (κ3) is 1.74. The van der Waals surface area contributed by atoms with Crippen LogP contribution < -0.4 is 4.74 Å². The highest BCUT2D eigenvalue weighted by Crippen LogP contribution is 2.21. The molecule has 0 aliphatic rings. The van der Waals surface area contributed by atoms with E-state index in [2.05, 4.69) is 55.4 Å². The maximum atomic E-state index is 5.20. The van der Waals surface area contributed by atoms with Crippen molar-refractivity contribution in [2.24, 2.45) is 0 Å². The minimum atomic E-state index is 0.664. The second-order valence-corrected chi connectivity index (χ2v) is 3.75. The van der Waals surface area contributed by atoms with Gasteiger partial charge < -0.3 is 4.74 Å². The van der Waals surface area contributed by atoms with Gasteiger partial charge in [-0.1, -0.05) is 0 Å². The Morgan fingerprint density at radius 3 is 2.70 bits per heavy atom. The summed E-state index contributed by atoms with van der Waals surface area (Å²) in [5.41, 5.74) is 0. The molecular weight excluding hydrogens is 358 g/mol. The van der Waals surface area contributed by atoms with Gasteiger partial charge in [0.25, 0.3) is 0 Å². The normalized spacial score (nSPS) is 9.90. The highest BCUT2D eigenvalue weighted by molar-refractivity contribution is 14.1. The van der Waals surface area contributed by atoms with E-state index in [1.54, 1.807) is 0 Å². The van der Waals surface area contributed by atoms with Gasteiger partial charge in [-0.3, -0.25) is 5.10 Å². The average Bonchev–Trinajstić information content (AvgIpc) is 2.20. The van der Waals surface area contributed by atoms with Crippen molar-refractivity contribution in [3.8, 4) is 5.88 Å². The fourth-order valence-corrected chi connectivity index (χ4v) is 1.27. The molecule has 0 aliphatic heterocycles. The predicted molar refractivity (Wildman–Crippen MR) is 55.2 cm³/mol. The van der Waals surface area contributed by atoms with Crippen LogP contribution in [0.1, 0.15) is 6.92 Å². The Morgan fingerprint density at radius 1 is 1.60 bits per heavy atom. The van der Waals surface area contributed by atoms with Gasteiger partial charge in [0.15, 0.2) is 0 Å². The van der Waals surface area contributed by atoms with Gasteiger partial charge in [0.05, 0.1) is 6.61 Å². The molecular formula is C5H6I2N2O. The first kappa shape index (κ1) is 8.57. The number of ether oxygens (including phenoxy) is 1. The van der Waals surface area contributed by atoms with Gasteiger partial charge >= 0.3 is 0 Å². The molecule has 0 saturated heterocycles. The van der Waals surface area contributed by atoms with Gasteiger partial charge in [-0.25, -0.2) is 0 Å². The van der Waals surface area contributed by atoms with E-state index in [1.807, 2.05) is 6.92 Å². The Balaban J connectivity index is 2.83. The molecule has 3 nitrogen and oxygen atoms in total. The molecule has 1 rings (SSSR count). The molecule has 10 heavy (non-hydrogen) atoms. The summed E-state index contributed by atoms with van der Waals surface area (Å²) < 4.78 is 7.29. The quantitative estimate of drug-likeness (QED) is 0.816. The van der Waals surface area contributed by atoms with Crippen LogP contribution in [0.4, 0.5) is 0 Å². The zero-order valence-electron chi connectivity index (χ0n) is 5.32. The Morgan fingerprint density at radius 2 is 2.30 bits per heavy atom. The van der Waals surface area contributed by atoms with Crippen molar-refractivity contribution in [1.82, 2.24) is 10.2 Å². The Hall–Kier alpha value is 0.470. The van der Waals surface area contributed by atoms with Crippen molar-refractivity contribution in [3.63, 3.8) is 0 Å². The van der Waals surface area contributed by atoms with Gasteiger partial charge in [0.2, 0.25) is 5.88 Å². The highest BCUT2D eigenvalue weighted by atomic mass is 127. The third-order valence-corrected chi connectivity index (χ3v) is 3.73. The highest BCUT2D eigenvalue weighted by Gasteiger charge is 2.07. The fourth-order valence-electron chi connectivity index (χ4n) is 0.524. The van der Waals surface area contributed by atoms with E-state index in [1.165, 1.54) is 0 Å². The van der Waals surface area contributed by atoms with Crippen molar-refractivity contribution in [2.75, 3.05) is 6.61 Å². The molecule has 56 valence electrons. The Bertz CT molecular complexity index is 223. The molecule has 0 spiro atoms. The van der Waals surface area contributed by atoms with Crippen LogP contribution in [-0.4, -0.2) is 16.8 Å². The lowest BCUT2D eigenvalue weighted by Gasteiger charge is -1.95. The zero-order chi connectivity index (χ0) is 7.56. The zero-order valence-corrected chi connectivity index (χ0v) is 9.63. The SMILES string of the molecule is CCOc1n[nH]c(I)c1I. The third-order valence-electron chi connectivity index (χ3n) is 0.917. The molecule has 0 unspecified atom stereocenters. The number of halogens is 2. The standard InChI is InChI=1S/C5H6I2N2O/c1-2-10-5-3(6)4(7)8-9-5/h2H2,1H3,(H,8,9). The van der Waals surface area contributed by atoms with E-state index >= 15 is 0 Å². The molecule has 0 bridgehead atoms. The molecule has 0 radical (unpaired) electrons. The number of nitrogens with one attached hydrogen (secondary N) is 1. The monoisotopic (exact) mass is 364 g/mol. The summed E-state index contributed by atoms with van der Waals surface area (Å²) in [6.07, 6.45) is 0. The molecule has 0 fully saturated rings. The second-order valence-electron chi connectivity index (χ2n) is 1.59. The lowest BCUT2D eigenvalue weighted by molar-refractivity contribution is 0.324. The first-order valence-corrected chi connectivity index (χ1v) is 4.93. The molecule has 1 aromatic heterocycles. The number of hydrogen-bond donors (Lipinski definition) is 1. The Labute approximate surface area is 86.2 Å². The van der Waals surface area contributed by atoms with Gasteiger partial charge in [-0.15, -0.1) is 5.10 Å². The van der Waals surface area contributed by atoms with Gasteiger partial charge in [-0.05, 0) is 52.1 Å². The summed E-state index contributed by atoms with van der Waals surface area (Å²) in [5, 5.41) is 6.77. The van der Waals surface area contributed by atoms with Crippen molar-refractivity contribution in [3.05, 3.63) is 7.27 Å². The number of H-pyrrole nitrogens is 1. The first-order chi connectivity index (χ1) is 4.75. The van der Waals surface area contributed by atoms with E-state index < -0.39 is 0 Å². The lowest BCUT2D eigenvalue weighted by atomic mass is 10.7. The summed E-state index contributed by atoms with van der Waals surface area (Å²) in [6, 6.07) is 0. The number of hydrogen-bond acceptors (Lipinski definition) is 2. The van der Waals surface area contributed by atoms with Crippen LogP contribution in [0.5, 0.6) is 5.88 Å². The van der Waals surface area contributed by atoms with E-state index in [-0.39, 0.29) is 0 Å². The van der Waals surface area contributed by atoms with E-state index in [4.69, 9.17) is 4.74 Å². The summed E-state index contributed by atoms with van der Waals surface area (Å²) in [6.45, 7) is 2.61.